The average Bonchev–Trinajstić information content (AvgIpc) is 3.73. The minimum Gasteiger partial charge on any atom is -0.456 e. The molecule has 0 saturated heterocycles. The van der Waals surface area contributed by atoms with Crippen molar-refractivity contribution >= 4 is 54.6 Å². The molecule has 0 saturated carbocycles. The van der Waals surface area contributed by atoms with Crippen LogP contribution in [0.2, 0.25) is 0 Å². The zero-order valence-corrected chi connectivity index (χ0v) is 30.4. The molecule has 49 heavy (non-hydrogen) atoms. The molecule has 0 spiro atoms. The van der Waals surface area contributed by atoms with Gasteiger partial charge in [-0.1, -0.05) is 72.3 Å². The van der Waals surface area contributed by atoms with E-state index in [1.165, 1.54) is 0 Å². The van der Waals surface area contributed by atoms with E-state index in [4.69, 9.17) is 13.8 Å². The van der Waals surface area contributed by atoms with Gasteiger partial charge in [0.05, 0.1) is 5.69 Å². The SMILES string of the molecule is [U+2].[c-]1ccccc1-c1[c-]cc(-c2cc(-c3ccc4c(c3)oc3ccccc34)cc(-c3cccc4c3ccc3c5ccccc5oc43)n2)cc1. The van der Waals surface area contributed by atoms with Gasteiger partial charge in [0.2, 0.25) is 0 Å². The van der Waals surface area contributed by atoms with E-state index in [1.807, 2.05) is 54.6 Å². The first-order valence-electron chi connectivity index (χ1n) is 16.0. The predicted octanol–water partition coefficient (Wildman–Crippen LogP) is 12.3. The predicted molar refractivity (Wildman–Crippen MR) is 196 cm³/mol. The summed E-state index contributed by atoms with van der Waals surface area (Å²) in [7, 11) is 0. The Hall–Kier alpha value is -5.40. The summed E-state index contributed by atoms with van der Waals surface area (Å²) in [6.45, 7) is 0. The van der Waals surface area contributed by atoms with Gasteiger partial charge in [-0.3, -0.25) is 4.98 Å². The molecule has 0 aliphatic carbocycles. The molecule has 0 aliphatic rings. The third-order valence-electron chi connectivity index (χ3n) is 9.32. The van der Waals surface area contributed by atoms with Gasteiger partial charge < -0.3 is 8.83 Å². The number of nitrogens with zero attached hydrogens (tertiary/aromatic N) is 1. The van der Waals surface area contributed by atoms with Gasteiger partial charge >= 0.3 is 31.1 Å². The Bertz CT molecular complexity index is 2830. The van der Waals surface area contributed by atoms with Crippen molar-refractivity contribution in [1.29, 1.82) is 0 Å². The Morgan fingerprint density at radius 2 is 1.08 bits per heavy atom. The van der Waals surface area contributed by atoms with E-state index in [0.717, 1.165) is 99.4 Å². The van der Waals surface area contributed by atoms with Crippen molar-refractivity contribution < 1.29 is 39.9 Å². The summed E-state index contributed by atoms with van der Waals surface area (Å²) in [5.74, 6) is 0. The number of benzene rings is 7. The van der Waals surface area contributed by atoms with E-state index < -0.39 is 0 Å². The summed E-state index contributed by atoms with van der Waals surface area (Å²) in [5.41, 5.74) is 11.4. The molecule has 3 nitrogen and oxygen atoms in total. The van der Waals surface area contributed by atoms with Crippen LogP contribution < -0.4 is 0 Å². The van der Waals surface area contributed by atoms with Gasteiger partial charge in [-0.25, -0.2) is 11.1 Å². The van der Waals surface area contributed by atoms with Gasteiger partial charge in [-0.2, -0.15) is 36.4 Å². The van der Waals surface area contributed by atoms with Crippen molar-refractivity contribution in [2.24, 2.45) is 0 Å². The number of para-hydroxylation sites is 2. The maximum Gasteiger partial charge on any atom is 2.00 e. The fourth-order valence-corrected chi connectivity index (χ4v) is 6.96. The van der Waals surface area contributed by atoms with Crippen molar-refractivity contribution in [3.05, 3.63) is 164 Å². The minimum atomic E-state index is 0. The van der Waals surface area contributed by atoms with Crippen molar-refractivity contribution in [2.45, 2.75) is 0 Å². The zero-order valence-electron chi connectivity index (χ0n) is 26.2. The Labute approximate surface area is 306 Å². The number of aromatic nitrogens is 1. The summed E-state index contributed by atoms with van der Waals surface area (Å²) in [6.07, 6.45) is 0. The van der Waals surface area contributed by atoms with E-state index in [1.54, 1.807) is 0 Å². The van der Waals surface area contributed by atoms with Crippen molar-refractivity contribution in [3.63, 3.8) is 0 Å². The first kappa shape index (κ1) is 29.7. The molecule has 0 bridgehead atoms. The molecule has 0 aliphatic heterocycles. The fraction of sp³-hybridized carbons (Fsp3) is 0. The molecule has 0 fully saturated rings. The van der Waals surface area contributed by atoms with Gasteiger partial charge in [0, 0.05) is 38.2 Å². The number of furan rings is 2. The summed E-state index contributed by atoms with van der Waals surface area (Å²) in [5, 5.41) is 6.62. The smallest absolute Gasteiger partial charge is 0.456 e. The van der Waals surface area contributed by atoms with Crippen LogP contribution in [-0.2, 0) is 0 Å². The first-order valence-corrected chi connectivity index (χ1v) is 16.0. The van der Waals surface area contributed by atoms with E-state index >= 15 is 0 Å². The molecule has 0 amide bonds. The number of fused-ring (bicyclic) bond motifs is 8. The van der Waals surface area contributed by atoms with Crippen LogP contribution >= 0.6 is 0 Å². The maximum atomic E-state index is 6.42. The second-order valence-corrected chi connectivity index (χ2v) is 12.1. The largest absolute Gasteiger partial charge is 2.00 e. The van der Waals surface area contributed by atoms with Crippen LogP contribution in [0.1, 0.15) is 0 Å². The van der Waals surface area contributed by atoms with Gasteiger partial charge in [0.15, 0.2) is 0 Å². The molecule has 0 radical (unpaired) electrons. The molecule has 0 atom stereocenters. The molecule has 0 N–H and O–H groups in total. The van der Waals surface area contributed by atoms with Crippen LogP contribution in [0.3, 0.4) is 0 Å². The van der Waals surface area contributed by atoms with Crippen molar-refractivity contribution in [1.82, 2.24) is 4.98 Å². The molecule has 4 heteroatoms. The van der Waals surface area contributed by atoms with Crippen molar-refractivity contribution in [2.75, 3.05) is 0 Å². The Morgan fingerprint density at radius 1 is 0.429 bits per heavy atom. The Morgan fingerprint density at radius 3 is 1.90 bits per heavy atom. The molecular weight excluding hydrogens is 825 g/mol. The van der Waals surface area contributed by atoms with Crippen LogP contribution in [-0.4, -0.2) is 4.98 Å². The minimum absolute atomic E-state index is 0. The summed E-state index contributed by atoms with van der Waals surface area (Å²) in [6, 6.07) is 58.9. The van der Waals surface area contributed by atoms with E-state index in [0.29, 0.717) is 0 Å². The second-order valence-electron chi connectivity index (χ2n) is 12.1. The standard InChI is InChI=1S/C45H25NO2.U/c1-2-9-28(10-3-1)29-17-19-30(20-18-29)40-25-32(31-21-22-37-35-11-4-6-15-42(35)47-44(37)27-31)26-41(46-40)34-13-8-14-38-33(34)23-24-39-36-12-5-7-16-43(36)48-45(38)39;/h1-9,11-17,19-27H;/q-2;+2. The third kappa shape index (κ3) is 4.99. The van der Waals surface area contributed by atoms with Gasteiger partial charge in [-0.15, -0.1) is 18.2 Å². The zero-order chi connectivity index (χ0) is 31.6. The average molecular weight is 850 g/mol. The topological polar surface area (TPSA) is 39.2 Å². The van der Waals surface area contributed by atoms with Gasteiger partial charge in [0.1, 0.15) is 22.3 Å². The Kier molecular flexibility index (Phi) is 7.24. The number of hydrogen-bond acceptors (Lipinski definition) is 3. The first-order chi connectivity index (χ1) is 23.8. The van der Waals surface area contributed by atoms with Crippen LogP contribution in [0.4, 0.5) is 0 Å². The van der Waals surface area contributed by atoms with E-state index in [2.05, 4.69) is 109 Å². The number of pyridine rings is 1. The third-order valence-corrected chi connectivity index (χ3v) is 9.32. The summed E-state index contributed by atoms with van der Waals surface area (Å²) < 4.78 is 12.7. The summed E-state index contributed by atoms with van der Waals surface area (Å²) >= 11 is 0. The van der Waals surface area contributed by atoms with Gasteiger partial charge in [-0.05, 0) is 59.0 Å². The van der Waals surface area contributed by atoms with Crippen LogP contribution in [0, 0.1) is 43.2 Å². The fourth-order valence-electron chi connectivity index (χ4n) is 6.96. The normalized spacial score (nSPS) is 11.5. The van der Waals surface area contributed by atoms with Gasteiger partial charge in [0.25, 0.3) is 0 Å². The Balaban J connectivity index is 0.00000325. The monoisotopic (exact) mass is 849 g/mol. The maximum absolute atomic E-state index is 6.42. The van der Waals surface area contributed by atoms with Crippen molar-refractivity contribution in [3.8, 4) is 44.8 Å². The second kappa shape index (κ2) is 11.9. The van der Waals surface area contributed by atoms with E-state index in [9.17, 15) is 0 Å². The number of rotatable bonds is 4. The molecule has 3 heterocycles. The molecular formula is C45H25NO2U. The number of hydrogen-bond donors (Lipinski definition) is 0. The van der Waals surface area contributed by atoms with E-state index in [-0.39, 0.29) is 31.1 Å². The molecule has 226 valence electrons. The molecule has 3 aromatic heterocycles. The quantitative estimate of drug-likeness (QED) is 0.166. The van der Waals surface area contributed by atoms with Crippen LogP contribution in [0.5, 0.6) is 0 Å². The molecule has 10 rings (SSSR count). The van der Waals surface area contributed by atoms with Crippen LogP contribution in [0.25, 0.3) is 99.4 Å². The molecule has 10 aromatic rings. The van der Waals surface area contributed by atoms with Crippen LogP contribution in [0.15, 0.2) is 160 Å². The molecule has 7 aromatic carbocycles. The summed E-state index contributed by atoms with van der Waals surface area (Å²) in [4.78, 5) is 5.29. The molecule has 0 unspecified atom stereocenters.